The molecule has 1 fully saturated rings. The van der Waals surface area contributed by atoms with Crippen LogP contribution in [0.2, 0.25) is 0 Å². The van der Waals surface area contributed by atoms with E-state index >= 15 is 0 Å². The zero-order valence-electron chi connectivity index (χ0n) is 12.2. The Morgan fingerprint density at radius 2 is 2.16 bits per heavy atom. The van der Waals surface area contributed by atoms with E-state index < -0.39 is 0 Å². The van der Waals surface area contributed by atoms with Crippen LogP contribution in [-0.4, -0.2) is 29.0 Å². The van der Waals surface area contributed by atoms with Gasteiger partial charge in [0, 0.05) is 23.7 Å². The van der Waals surface area contributed by atoms with Crippen molar-refractivity contribution in [1.82, 2.24) is 9.88 Å². The quantitative estimate of drug-likeness (QED) is 0.932. The monoisotopic (exact) mass is 303 g/mol. The molecule has 110 valence electrons. The van der Waals surface area contributed by atoms with Gasteiger partial charge >= 0.3 is 0 Å². The molecular formula is C14H26ClN3S. The highest BCUT2D eigenvalue weighted by Crippen LogP contribution is 2.29. The van der Waals surface area contributed by atoms with Crippen LogP contribution in [0, 0.1) is 0 Å². The van der Waals surface area contributed by atoms with E-state index in [9.17, 15) is 0 Å². The third kappa shape index (κ3) is 4.42. The van der Waals surface area contributed by atoms with Crippen molar-refractivity contribution in [3.8, 4) is 0 Å². The minimum Gasteiger partial charge on any atom is -0.329 e. The predicted octanol–water partition coefficient (Wildman–Crippen LogP) is 3.18. The molecule has 3 nitrogen and oxygen atoms in total. The Morgan fingerprint density at radius 1 is 1.42 bits per heavy atom. The molecule has 19 heavy (non-hydrogen) atoms. The molecule has 0 aliphatic carbocycles. The minimum absolute atomic E-state index is 0. The van der Waals surface area contributed by atoms with E-state index in [1.807, 2.05) is 17.5 Å². The summed E-state index contributed by atoms with van der Waals surface area (Å²) in [6.45, 7) is 9.65. The van der Waals surface area contributed by atoms with Crippen molar-refractivity contribution in [3.05, 3.63) is 16.1 Å². The summed E-state index contributed by atoms with van der Waals surface area (Å²) in [5.74, 6) is 0. The molecule has 1 aliphatic heterocycles. The third-order valence-corrected chi connectivity index (χ3v) is 5.06. The average molecular weight is 304 g/mol. The zero-order valence-corrected chi connectivity index (χ0v) is 13.8. The first kappa shape index (κ1) is 16.9. The Morgan fingerprint density at radius 3 is 2.74 bits per heavy atom. The fourth-order valence-corrected chi connectivity index (χ4v) is 3.44. The number of hydrogen-bond acceptors (Lipinski definition) is 4. The van der Waals surface area contributed by atoms with Gasteiger partial charge < -0.3 is 5.73 Å². The SMILES string of the molecule is CC(C)(C)c1cnc(CN2CCCCC2CN)s1.Cl. The van der Waals surface area contributed by atoms with Gasteiger partial charge in [-0.25, -0.2) is 4.98 Å². The van der Waals surface area contributed by atoms with Crippen LogP contribution in [0.25, 0.3) is 0 Å². The summed E-state index contributed by atoms with van der Waals surface area (Å²) in [5.41, 5.74) is 6.08. The van der Waals surface area contributed by atoms with E-state index in [1.165, 1.54) is 35.7 Å². The molecule has 1 aliphatic rings. The second-order valence-electron chi connectivity index (χ2n) is 6.22. The molecule has 0 amide bonds. The highest BCUT2D eigenvalue weighted by molar-refractivity contribution is 7.11. The second kappa shape index (κ2) is 7.02. The van der Waals surface area contributed by atoms with Gasteiger partial charge in [-0.15, -0.1) is 23.7 Å². The maximum absolute atomic E-state index is 5.86. The Kier molecular flexibility index (Phi) is 6.24. The summed E-state index contributed by atoms with van der Waals surface area (Å²) in [4.78, 5) is 8.46. The molecule has 0 spiro atoms. The number of halogens is 1. The molecule has 1 saturated heterocycles. The smallest absolute Gasteiger partial charge is 0.107 e. The van der Waals surface area contributed by atoms with Crippen LogP contribution in [0.5, 0.6) is 0 Å². The maximum atomic E-state index is 5.86. The maximum Gasteiger partial charge on any atom is 0.107 e. The van der Waals surface area contributed by atoms with Gasteiger partial charge in [-0.05, 0) is 24.8 Å². The lowest BCUT2D eigenvalue weighted by Gasteiger charge is -2.34. The molecule has 1 aromatic rings. The van der Waals surface area contributed by atoms with Crippen molar-refractivity contribution in [3.63, 3.8) is 0 Å². The molecular weight excluding hydrogens is 278 g/mol. The summed E-state index contributed by atoms with van der Waals surface area (Å²) >= 11 is 1.85. The molecule has 2 heterocycles. The lowest BCUT2D eigenvalue weighted by Crippen LogP contribution is -2.43. The van der Waals surface area contributed by atoms with Crippen molar-refractivity contribution in [2.45, 2.75) is 58.0 Å². The Labute approximate surface area is 127 Å². The molecule has 1 unspecified atom stereocenters. The van der Waals surface area contributed by atoms with Gasteiger partial charge in [-0.2, -0.15) is 0 Å². The zero-order chi connectivity index (χ0) is 13.2. The number of aromatic nitrogens is 1. The normalized spacial score (nSPS) is 21.2. The van der Waals surface area contributed by atoms with Crippen LogP contribution >= 0.6 is 23.7 Å². The first-order valence-electron chi connectivity index (χ1n) is 6.90. The number of nitrogens with zero attached hydrogens (tertiary/aromatic N) is 2. The highest BCUT2D eigenvalue weighted by atomic mass is 35.5. The number of thiazole rings is 1. The van der Waals surface area contributed by atoms with Crippen LogP contribution < -0.4 is 5.73 Å². The summed E-state index contributed by atoms with van der Waals surface area (Å²) in [6.07, 6.45) is 5.91. The standard InChI is InChI=1S/C14H25N3S.ClH/c1-14(2,3)12-9-16-13(18-12)10-17-7-5-4-6-11(17)8-15;/h9,11H,4-8,10,15H2,1-3H3;1H. The topological polar surface area (TPSA) is 42.2 Å². The van der Waals surface area contributed by atoms with Gasteiger partial charge in [0.15, 0.2) is 0 Å². The van der Waals surface area contributed by atoms with Gasteiger partial charge in [0.05, 0.1) is 6.54 Å². The summed E-state index contributed by atoms with van der Waals surface area (Å²) in [7, 11) is 0. The first-order chi connectivity index (χ1) is 8.50. The van der Waals surface area contributed by atoms with Gasteiger partial charge in [0.25, 0.3) is 0 Å². The Bertz CT molecular complexity index is 386. The summed E-state index contributed by atoms with van der Waals surface area (Å²) in [6, 6.07) is 0.556. The molecule has 0 bridgehead atoms. The molecule has 5 heteroatoms. The number of hydrogen-bond donors (Lipinski definition) is 1. The Hall–Kier alpha value is -0.160. The van der Waals surface area contributed by atoms with Crippen LogP contribution in [0.3, 0.4) is 0 Å². The molecule has 2 rings (SSSR count). The lowest BCUT2D eigenvalue weighted by molar-refractivity contribution is 0.144. The van der Waals surface area contributed by atoms with Gasteiger partial charge in [-0.1, -0.05) is 27.2 Å². The van der Waals surface area contributed by atoms with Crippen molar-refractivity contribution in [1.29, 1.82) is 0 Å². The van der Waals surface area contributed by atoms with Crippen molar-refractivity contribution in [2.24, 2.45) is 5.73 Å². The van der Waals surface area contributed by atoms with E-state index in [1.54, 1.807) is 0 Å². The van der Waals surface area contributed by atoms with Crippen LogP contribution in [0.4, 0.5) is 0 Å². The predicted molar refractivity (Wildman–Crippen MR) is 85.2 cm³/mol. The molecule has 0 aromatic carbocycles. The summed E-state index contributed by atoms with van der Waals surface area (Å²) < 4.78 is 0. The van der Waals surface area contributed by atoms with Crippen LogP contribution in [-0.2, 0) is 12.0 Å². The van der Waals surface area contributed by atoms with E-state index in [2.05, 4.69) is 30.7 Å². The molecule has 1 aromatic heterocycles. The first-order valence-corrected chi connectivity index (χ1v) is 7.71. The molecule has 1 atom stereocenters. The van der Waals surface area contributed by atoms with Crippen LogP contribution in [0.15, 0.2) is 6.20 Å². The molecule has 2 N–H and O–H groups in total. The van der Waals surface area contributed by atoms with E-state index in [4.69, 9.17) is 5.73 Å². The number of rotatable bonds is 3. The van der Waals surface area contributed by atoms with Gasteiger partial charge in [-0.3, -0.25) is 4.90 Å². The lowest BCUT2D eigenvalue weighted by atomic mass is 9.96. The number of likely N-dealkylation sites (tertiary alicyclic amines) is 1. The van der Waals surface area contributed by atoms with E-state index in [0.717, 1.165) is 13.1 Å². The number of nitrogens with two attached hydrogens (primary N) is 1. The molecule has 0 radical (unpaired) electrons. The molecule has 0 saturated carbocycles. The van der Waals surface area contributed by atoms with Crippen molar-refractivity contribution < 1.29 is 0 Å². The average Bonchev–Trinajstić information content (AvgIpc) is 2.78. The van der Waals surface area contributed by atoms with E-state index in [-0.39, 0.29) is 17.8 Å². The van der Waals surface area contributed by atoms with Crippen LogP contribution in [0.1, 0.15) is 49.9 Å². The largest absolute Gasteiger partial charge is 0.329 e. The Balaban J connectivity index is 0.00000180. The number of piperidine rings is 1. The van der Waals surface area contributed by atoms with Crippen molar-refractivity contribution >= 4 is 23.7 Å². The van der Waals surface area contributed by atoms with E-state index in [0.29, 0.717) is 6.04 Å². The third-order valence-electron chi connectivity index (χ3n) is 3.65. The van der Waals surface area contributed by atoms with Gasteiger partial charge in [0.1, 0.15) is 5.01 Å². The fraction of sp³-hybridized carbons (Fsp3) is 0.786. The van der Waals surface area contributed by atoms with Gasteiger partial charge in [0.2, 0.25) is 0 Å². The highest BCUT2D eigenvalue weighted by Gasteiger charge is 2.23. The van der Waals surface area contributed by atoms with Crippen molar-refractivity contribution in [2.75, 3.05) is 13.1 Å². The minimum atomic E-state index is 0. The fourth-order valence-electron chi connectivity index (χ4n) is 2.44. The second-order valence-corrected chi connectivity index (χ2v) is 7.34. The summed E-state index contributed by atoms with van der Waals surface area (Å²) in [5, 5.41) is 1.24.